The first-order valence-corrected chi connectivity index (χ1v) is 8.48. The summed E-state index contributed by atoms with van der Waals surface area (Å²) in [6.07, 6.45) is 0.927. The van der Waals surface area contributed by atoms with Gasteiger partial charge >= 0.3 is 0 Å². The highest BCUT2D eigenvalue weighted by Crippen LogP contribution is 2.17. The highest BCUT2D eigenvalue weighted by atomic mass is 35.5. The van der Waals surface area contributed by atoms with Crippen molar-refractivity contribution in [2.24, 2.45) is 5.73 Å². The van der Waals surface area contributed by atoms with Crippen molar-refractivity contribution in [3.8, 4) is 0 Å². The van der Waals surface area contributed by atoms with Crippen molar-refractivity contribution < 1.29 is 9.59 Å². The van der Waals surface area contributed by atoms with Gasteiger partial charge in [-0.15, -0.1) is 11.3 Å². The standard InChI is InChI=1S/C16H18ClN3O2S/c1-10(18)8-13-9-23-16(19-13)20-15(22)7-6-14(21)11-2-4-12(17)5-3-11/h2-5,9-10H,6-8,18H2,1H3,(H,19,20,22). The zero-order valence-corrected chi connectivity index (χ0v) is 14.3. The molecule has 0 saturated heterocycles. The van der Waals surface area contributed by atoms with Crippen molar-refractivity contribution >= 4 is 39.8 Å². The van der Waals surface area contributed by atoms with Gasteiger partial charge in [-0.3, -0.25) is 9.59 Å². The predicted molar refractivity (Wildman–Crippen MR) is 93.1 cm³/mol. The summed E-state index contributed by atoms with van der Waals surface area (Å²) in [6, 6.07) is 6.65. The summed E-state index contributed by atoms with van der Waals surface area (Å²) in [5.74, 6) is -0.317. The third kappa shape index (κ3) is 5.74. The van der Waals surface area contributed by atoms with Gasteiger partial charge < -0.3 is 11.1 Å². The Morgan fingerprint density at radius 2 is 2.00 bits per heavy atom. The van der Waals surface area contributed by atoms with Gasteiger partial charge in [-0.1, -0.05) is 11.6 Å². The molecular formula is C16H18ClN3O2S. The first-order valence-electron chi connectivity index (χ1n) is 7.22. The maximum atomic E-state index is 12.0. The number of nitrogens with two attached hydrogens (primary N) is 1. The fourth-order valence-electron chi connectivity index (χ4n) is 1.98. The second kappa shape index (κ2) is 8.19. The number of rotatable bonds is 7. The van der Waals surface area contributed by atoms with Gasteiger partial charge in [-0.2, -0.15) is 0 Å². The van der Waals surface area contributed by atoms with Crippen LogP contribution in [-0.2, 0) is 11.2 Å². The number of ketones is 1. The normalized spacial score (nSPS) is 12.0. The number of benzene rings is 1. The van der Waals surface area contributed by atoms with E-state index in [1.54, 1.807) is 24.3 Å². The molecule has 0 saturated carbocycles. The molecule has 1 heterocycles. The van der Waals surface area contributed by atoms with Gasteiger partial charge in [0, 0.05) is 41.3 Å². The minimum atomic E-state index is -0.228. The summed E-state index contributed by atoms with van der Waals surface area (Å²) in [6.45, 7) is 1.90. The Morgan fingerprint density at radius 1 is 1.30 bits per heavy atom. The van der Waals surface area contributed by atoms with Crippen molar-refractivity contribution in [1.82, 2.24) is 4.98 Å². The molecule has 1 unspecified atom stereocenters. The molecule has 1 aromatic carbocycles. The number of hydrogen-bond acceptors (Lipinski definition) is 5. The Labute approximate surface area is 143 Å². The average molecular weight is 352 g/mol. The number of Topliss-reactive ketones (excluding diaryl/α,β-unsaturated/α-hetero) is 1. The van der Waals surface area contributed by atoms with E-state index >= 15 is 0 Å². The van der Waals surface area contributed by atoms with Gasteiger partial charge in [-0.25, -0.2) is 4.98 Å². The Balaban J connectivity index is 1.81. The Morgan fingerprint density at radius 3 is 2.65 bits per heavy atom. The summed E-state index contributed by atoms with van der Waals surface area (Å²) in [7, 11) is 0. The van der Waals surface area contributed by atoms with E-state index in [4.69, 9.17) is 17.3 Å². The molecule has 7 heteroatoms. The molecule has 2 rings (SSSR count). The molecule has 1 aromatic heterocycles. The molecule has 0 aliphatic heterocycles. The Kier molecular flexibility index (Phi) is 6.27. The van der Waals surface area contributed by atoms with Crippen LogP contribution in [0.3, 0.4) is 0 Å². The number of carbonyl (C=O) groups excluding carboxylic acids is 2. The van der Waals surface area contributed by atoms with Crippen LogP contribution in [0.1, 0.15) is 35.8 Å². The maximum absolute atomic E-state index is 12.0. The first-order chi connectivity index (χ1) is 10.9. The van der Waals surface area contributed by atoms with Gasteiger partial charge in [0.05, 0.1) is 5.69 Å². The van der Waals surface area contributed by atoms with Crippen LogP contribution in [0, 0.1) is 0 Å². The monoisotopic (exact) mass is 351 g/mol. The average Bonchev–Trinajstić information content (AvgIpc) is 2.91. The van der Waals surface area contributed by atoms with Crippen LogP contribution in [0.5, 0.6) is 0 Å². The van der Waals surface area contributed by atoms with Crippen LogP contribution in [0.2, 0.25) is 5.02 Å². The number of thiazole rings is 1. The lowest BCUT2D eigenvalue weighted by atomic mass is 10.1. The van der Waals surface area contributed by atoms with Crippen LogP contribution in [-0.4, -0.2) is 22.7 Å². The topological polar surface area (TPSA) is 85.1 Å². The van der Waals surface area contributed by atoms with Gasteiger partial charge in [0.15, 0.2) is 10.9 Å². The Hall–Kier alpha value is -1.76. The molecule has 3 N–H and O–H groups in total. The van der Waals surface area contributed by atoms with Crippen LogP contribution < -0.4 is 11.1 Å². The summed E-state index contributed by atoms with van der Waals surface area (Å²) in [4.78, 5) is 28.2. The number of amides is 1. The molecule has 1 amide bonds. The maximum Gasteiger partial charge on any atom is 0.226 e. The molecule has 0 radical (unpaired) electrons. The predicted octanol–water partition coefficient (Wildman–Crippen LogP) is 3.29. The minimum Gasteiger partial charge on any atom is -0.328 e. The van der Waals surface area contributed by atoms with E-state index in [1.807, 2.05) is 12.3 Å². The molecule has 0 bridgehead atoms. The summed E-state index contributed by atoms with van der Waals surface area (Å²) in [5.41, 5.74) is 7.12. The van der Waals surface area contributed by atoms with Crippen molar-refractivity contribution in [3.63, 3.8) is 0 Å². The molecule has 0 fully saturated rings. The largest absolute Gasteiger partial charge is 0.328 e. The zero-order chi connectivity index (χ0) is 16.8. The molecule has 0 spiro atoms. The molecule has 122 valence electrons. The van der Waals surface area contributed by atoms with Gasteiger partial charge in [-0.05, 0) is 31.2 Å². The van der Waals surface area contributed by atoms with E-state index in [0.29, 0.717) is 22.1 Å². The second-order valence-corrected chi connectivity index (χ2v) is 6.60. The van der Waals surface area contributed by atoms with Crippen LogP contribution in [0.15, 0.2) is 29.6 Å². The number of aromatic nitrogens is 1. The zero-order valence-electron chi connectivity index (χ0n) is 12.7. The van der Waals surface area contributed by atoms with E-state index < -0.39 is 0 Å². The van der Waals surface area contributed by atoms with E-state index in [0.717, 1.165) is 5.69 Å². The lowest BCUT2D eigenvalue weighted by molar-refractivity contribution is -0.116. The van der Waals surface area contributed by atoms with Crippen molar-refractivity contribution in [2.75, 3.05) is 5.32 Å². The highest BCUT2D eigenvalue weighted by Gasteiger charge is 2.11. The van der Waals surface area contributed by atoms with E-state index in [9.17, 15) is 9.59 Å². The SMILES string of the molecule is CC(N)Cc1csc(NC(=O)CCC(=O)c2ccc(Cl)cc2)n1. The molecule has 0 aliphatic carbocycles. The van der Waals surface area contributed by atoms with E-state index in [-0.39, 0.29) is 30.6 Å². The number of nitrogens with one attached hydrogen (secondary N) is 1. The van der Waals surface area contributed by atoms with Crippen molar-refractivity contribution in [2.45, 2.75) is 32.2 Å². The number of halogens is 1. The summed E-state index contributed by atoms with van der Waals surface area (Å²) >= 11 is 7.13. The van der Waals surface area contributed by atoms with Crippen molar-refractivity contribution in [3.05, 3.63) is 45.9 Å². The first kappa shape index (κ1) is 17.6. The van der Waals surface area contributed by atoms with Crippen LogP contribution in [0.25, 0.3) is 0 Å². The lowest BCUT2D eigenvalue weighted by Crippen LogP contribution is -2.18. The fourth-order valence-corrected chi connectivity index (χ4v) is 2.84. The van der Waals surface area contributed by atoms with Crippen LogP contribution in [0.4, 0.5) is 5.13 Å². The third-order valence-electron chi connectivity index (χ3n) is 3.07. The van der Waals surface area contributed by atoms with E-state index in [2.05, 4.69) is 10.3 Å². The van der Waals surface area contributed by atoms with Gasteiger partial charge in [0.1, 0.15) is 0 Å². The summed E-state index contributed by atoms with van der Waals surface area (Å²) < 4.78 is 0. The Bertz CT molecular complexity index is 683. The quantitative estimate of drug-likeness (QED) is 0.749. The molecule has 0 aliphatic rings. The van der Waals surface area contributed by atoms with Gasteiger partial charge in [0.25, 0.3) is 0 Å². The van der Waals surface area contributed by atoms with Crippen LogP contribution >= 0.6 is 22.9 Å². The van der Waals surface area contributed by atoms with Crippen molar-refractivity contribution in [1.29, 1.82) is 0 Å². The number of anilines is 1. The van der Waals surface area contributed by atoms with Gasteiger partial charge in [0.2, 0.25) is 5.91 Å². The number of nitrogens with zero attached hydrogens (tertiary/aromatic N) is 1. The molecule has 23 heavy (non-hydrogen) atoms. The molecule has 1 atom stereocenters. The third-order valence-corrected chi connectivity index (χ3v) is 4.13. The molecule has 5 nitrogen and oxygen atoms in total. The minimum absolute atomic E-state index is 0.0256. The smallest absolute Gasteiger partial charge is 0.226 e. The number of hydrogen-bond donors (Lipinski definition) is 2. The fraction of sp³-hybridized carbons (Fsp3) is 0.312. The van der Waals surface area contributed by atoms with E-state index in [1.165, 1.54) is 11.3 Å². The highest BCUT2D eigenvalue weighted by molar-refractivity contribution is 7.13. The lowest BCUT2D eigenvalue weighted by Gasteiger charge is -2.03. The second-order valence-electron chi connectivity index (χ2n) is 5.30. The summed E-state index contributed by atoms with van der Waals surface area (Å²) in [5, 5.41) is 5.69. The molecule has 2 aromatic rings. The molecular weight excluding hydrogens is 334 g/mol. The number of carbonyl (C=O) groups is 2.